The Kier molecular flexibility index (Phi) is 2.29. The Labute approximate surface area is 94.0 Å². The van der Waals surface area contributed by atoms with E-state index >= 15 is 0 Å². The molecule has 1 aliphatic heterocycles. The normalized spacial score (nSPS) is 21.4. The van der Waals surface area contributed by atoms with Gasteiger partial charge in [0.2, 0.25) is 0 Å². The molecule has 3 rings (SSSR count). The Morgan fingerprint density at radius 3 is 3.12 bits per heavy atom. The first kappa shape index (κ1) is 9.66. The van der Waals surface area contributed by atoms with Crippen LogP contribution < -0.4 is 5.73 Å². The predicted molar refractivity (Wildman–Crippen MR) is 63.0 cm³/mol. The van der Waals surface area contributed by atoms with Crippen molar-refractivity contribution in [1.82, 2.24) is 9.78 Å². The summed E-state index contributed by atoms with van der Waals surface area (Å²) in [6.45, 7) is 0.834. The van der Waals surface area contributed by atoms with Crippen LogP contribution in [0.2, 0.25) is 0 Å². The molecule has 2 heterocycles. The maximum atomic E-state index is 5.74. The third-order valence-corrected chi connectivity index (χ3v) is 3.05. The molecule has 16 heavy (non-hydrogen) atoms. The molecule has 0 amide bonds. The van der Waals surface area contributed by atoms with Crippen molar-refractivity contribution in [3.63, 3.8) is 0 Å². The highest BCUT2D eigenvalue weighted by molar-refractivity contribution is 5.81. The lowest BCUT2D eigenvalue weighted by Gasteiger charge is -2.23. The van der Waals surface area contributed by atoms with Crippen LogP contribution in [-0.2, 0) is 4.74 Å². The van der Waals surface area contributed by atoms with Crippen molar-refractivity contribution >= 4 is 16.6 Å². The molecule has 84 valence electrons. The highest BCUT2D eigenvalue weighted by atomic mass is 16.5. The summed E-state index contributed by atoms with van der Waals surface area (Å²) in [5.41, 5.74) is 7.62. The fraction of sp³-hybridized carbons (Fsp3) is 0.417. The highest BCUT2D eigenvalue weighted by Gasteiger charge is 2.18. The van der Waals surface area contributed by atoms with Crippen molar-refractivity contribution in [2.24, 2.45) is 0 Å². The van der Waals surface area contributed by atoms with E-state index in [4.69, 9.17) is 10.5 Å². The summed E-state index contributed by atoms with van der Waals surface area (Å²) in [5, 5.41) is 5.47. The SMILES string of the molecule is Nc1ccc2c(cnn2[C@H]2CCCCO2)c1. The predicted octanol–water partition coefficient (Wildman–Crippen LogP) is 2.32. The van der Waals surface area contributed by atoms with E-state index in [2.05, 4.69) is 5.10 Å². The molecule has 0 radical (unpaired) electrons. The molecule has 4 heteroatoms. The molecule has 1 aliphatic rings. The second kappa shape index (κ2) is 3.79. The molecular formula is C12H15N3O. The van der Waals surface area contributed by atoms with Gasteiger partial charge in [-0.1, -0.05) is 0 Å². The number of fused-ring (bicyclic) bond motifs is 1. The molecule has 1 aromatic heterocycles. The minimum absolute atomic E-state index is 0.0925. The minimum Gasteiger partial charge on any atom is -0.399 e. The zero-order valence-electron chi connectivity index (χ0n) is 9.10. The smallest absolute Gasteiger partial charge is 0.150 e. The van der Waals surface area contributed by atoms with E-state index < -0.39 is 0 Å². The monoisotopic (exact) mass is 217 g/mol. The molecule has 1 saturated heterocycles. The molecule has 0 spiro atoms. The number of ether oxygens (including phenoxy) is 1. The number of benzene rings is 1. The number of rotatable bonds is 1. The van der Waals surface area contributed by atoms with E-state index in [1.165, 1.54) is 6.42 Å². The minimum atomic E-state index is 0.0925. The second-order valence-electron chi connectivity index (χ2n) is 4.23. The summed E-state index contributed by atoms with van der Waals surface area (Å²) in [5.74, 6) is 0. The van der Waals surface area contributed by atoms with Crippen molar-refractivity contribution in [2.45, 2.75) is 25.5 Å². The van der Waals surface area contributed by atoms with Crippen molar-refractivity contribution in [2.75, 3.05) is 12.3 Å². The second-order valence-corrected chi connectivity index (χ2v) is 4.23. The van der Waals surface area contributed by atoms with Gasteiger partial charge in [-0.05, 0) is 37.5 Å². The van der Waals surface area contributed by atoms with Gasteiger partial charge < -0.3 is 10.5 Å². The summed E-state index contributed by atoms with van der Waals surface area (Å²) < 4.78 is 7.70. The molecule has 0 aliphatic carbocycles. The van der Waals surface area contributed by atoms with Crippen molar-refractivity contribution < 1.29 is 4.74 Å². The standard InChI is InChI=1S/C12H15N3O/c13-10-4-5-11-9(7-10)8-14-15(11)12-3-1-2-6-16-12/h4-5,7-8,12H,1-3,6,13H2/t12-/m1/s1. The van der Waals surface area contributed by atoms with Gasteiger partial charge in [-0.3, -0.25) is 0 Å². The lowest BCUT2D eigenvalue weighted by atomic mass is 10.2. The first-order chi connectivity index (χ1) is 7.84. The summed E-state index contributed by atoms with van der Waals surface area (Å²) in [7, 11) is 0. The summed E-state index contributed by atoms with van der Waals surface area (Å²) in [4.78, 5) is 0. The molecule has 2 aromatic rings. The summed E-state index contributed by atoms with van der Waals surface area (Å²) in [6, 6.07) is 5.86. The Balaban J connectivity index is 2.03. The summed E-state index contributed by atoms with van der Waals surface area (Å²) in [6.07, 6.45) is 5.35. The lowest BCUT2D eigenvalue weighted by molar-refractivity contribution is -0.0366. The van der Waals surface area contributed by atoms with Gasteiger partial charge in [-0.15, -0.1) is 0 Å². The summed E-state index contributed by atoms with van der Waals surface area (Å²) >= 11 is 0. The number of nitrogens with zero attached hydrogens (tertiary/aromatic N) is 2. The van der Waals surface area contributed by atoms with E-state index in [0.29, 0.717) is 0 Å². The first-order valence-corrected chi connectivity index (χ1v) is 5.69. The molecule has 4 nitrogen and oxygen atoms in total. The Hall–Kier alpha value is -1.55. The average molecular weight is 217 g/mol. The van der Waals surface area contributed by atoms with Gasteiger partial charge in [0, 0.05) is 17.7 Å². The molecule has 1 aromatic carbocycles. The van der Waals surface area contributed by atoms with E-state index in [-0.39, 0.29) is 6.23 Å². The van der Waals surface area contributed by atoms with Crippen LogP contribution in [0.1, 0.15) is 25.5 Å². The van der Waals surface area contributed by atoms with Gasteiger partial charge in [0.05, 0.1) is 11.7 Å². The van der Waals surface area contributed by atoms with Crippen molar-refractivity contribution in [3.05, 3.63) is 24.4 Å². The Morgan fingerprint density at radius 1 is 1.38 bits per heavy atom. The number of nitrogens with two attached hydrogens (primary N) is 1. The van der Waals surface area contributed by atoms with Gasteiger partial charge in [0.1, 0.15) is 0 Å². The highest BCUT2D eigenvalue weighted by Crippen LogP contribution is 2.26. The van der Waals surface area contributed by atoms with Gasteiger partial charge in [0.25, 0.3) is 0 Å². The molecular weight excluding hydrogens is 202 g/mol. The van der Waals surface area contributed by atoms with Crippen LogP contribution in [-0.4, -0.2) is 16.4 Å². The van der Waals surface area contributed by atoms with Crippen LogP contribution in [0.3, 0.4) is 0 Å². The number of hydrogen-bond acceptors (Lipinski definition) is 3. The molecule has 1 atom stereocenters. The largest absolute Gasteiger partial charge is 0.399 e. The van der Waals surface area contributed by atoms with Crippen LogP contribution in [0.15, 0.2) is 24.4 Å². The fourth-order valence-electron chi connectivity index (χ4n) is 2.22. The fourth-order valence-corrected chi connectivity index (χ4v) is 2.22. The van der Waals surface area contributed by atoms with Gasteiger partial charge in [0.15, 0.2) is 6.23 Å². The number of hydrogen-bond donors (Lipinski definition) is 1. The third kappa shape index (κ3) is 1.55. The van der Waals surface area contributed by atoms with Crippen LogP contribution in [0.5, 0.6) is 0 Å². The molecule has 2 N–H and O–H groups in total. The Morgan fingerprint density at radius 2 is 2.31 bits per heavy atom. The topological polar surface area (TPSA) is 53.1 Å². The van der Waals surface area contributed by atoms with E-state index in [9.17, 15) is 0 Å². The molecule has 0 unspecified atom stereocenters. The number of aromatic nitrogens is 2. The van der Waals surface area contributed by atoms with Crippen LogP contribution in [0.4, 0.5) is 5.69 Å². The molecule has 1 fully saturated rings. The van der Waals surface area contributed by atoms with Crippen LogP contribution >= 0.6 is 0 Å². The average Bonchev–Trinajstić information content (AvgIpc) is 2.73. The quantitative estimate of drug-likeness (QED) is 0.746. The number of nitrogen functional groups attached to an aromatic ring is 1. The first-order valence-electron chi connectivity index (χ1n) is 5.69. The van der Waals surface area contributed by atoms with Crippen LogP contribution in [0, 0.1) is 0 Å². The maximum Gasteiger partial charge on any atom is 0.150 e. The van der Waals surface area contributed by atoms with Crippen molar-refractivity contribution in [1.29, 1.82) is 0 Å². The van der Waals surface area contributed by atoms with Gasteiger partial charge in [-0.25, -0.2) is 4.68 Å². The zero-order valence-corrected chi connectivity index (χ0v) is 9.10. The maximum absolute atomic E-state index is 5.74. The number of anilines is 1. The van der Waals surface area contributed by atoms with E-state index in [0.717, 1.165) is 36.0 Å². The molecule has 0 saturated carbocycles. The molecule has 0 bridgehead atoms. The van der Waals surface area contributed by atoms with Gasteiger partial charge in [-0.2, -0.15) is 5.10 Å². The zero-order chi connectivity index (χ0) is 11.0. The van der Waals surface area contributed by atoms with Crippen molar-refractivity contribution in [3.8, 4) is 0 Å². The van der Waals surface area contributed by atoms with Crippen LogP contribution in [0.25, 0.3) is 10.9 Å². The third-order valence-electron chi connectivity index (χ3n) is 3.05. The van der Waals surface area contributed by atoms with E-state index in [1.807, 2.05) is 29.1 Å². The Bertz CT molecular complexity index is 500. The van der Waals surface area contributed by atoms with Gasteiger partial charge >= 0.3 is 0 Å². The lowest BCUT2D eigenvalue weighted by Crippen LogP contribution is -2.18. The van der Waals surface area contributed by atoms with E-state index in [1.54, 1.807) is 0 Å².